The fraction of sp³-hybridized carbons (Fsp3) is 0.462. The third kappa shape index (κ3) is 2.94. The summed E-state index contributed by atoms with van der Waals surface area (Å²) >= 11 is 6.04. The summed E-state index contributed by atoms with van der Waals surface area (Å²) in [5.74, 6) is 0.486. The van der Waals surface area contributed by atoms with Crippen molar-refractivity contribution in [1.29, 1.82) is 0 Å². The van der Waals surface area contributed by atoms with E-state index in [-0.39, 0.29) is 12.5 Å². The Morgan fingerprint density at radius 1 is 1.56 bits per heavy atom. The van der Waals surface area contributed by atoms with Crippen LogP contribution >= 0.6 is 11.6 Å². The van der Waals surface area contributed by atoms with Gasteiger partial charge in [-0.3, -0.25) is 4.79 Å². The molecule has 1 aliphatic carbocycles. The minimum absolute atomic E-state index is 0.00370. The largest absolute Gasteiger partial charge is 0.482 e. The molecular formula is C13H17ClN2O2. The number of hydrogen-bond acceptors (Lipinski definition) is 3. The van der Waals surface area contributed by atoms with Gasteiger partial charge < -0.3 is 15.4 Å². The summed E-state index contributed by atoms with van der Waals surface area (Å²) in [6, 6.07) is 5.78. The molecule has 2 N–H and O–H groups in total. The van der Waals surface area contributed by atoms with Crippen LogP contribution in [0.15, 0.2) is 18.2 Å². The van der Waals surface area contributed by atoms with Crippen LogP contribution in [0.5, 0.6) is 5.75 Å². The highest BCUT2D eigenvalue weighted by molar-refractivity contribution is 6.32. The maximum atomic E-state index is 11.8. The first-order chi connectivity index (χ1) is 8.63. The molecule has 0 saturated heterocycles. The quantitative estimate of drug-likeness (QED) is 0.886. The first-order valence-electron chi connectivity index (χ1n) is 5.99. The van der Waals surface area contributed by atoms with E-state index in [0.717, 1.165) is 18.4 Å². The number of likely N-dealkylation sites (N-methyl/N-ethyl adjacent to an activating group) is 1. The van der Waals surface area contributed by atoms with Gasteiger partial charge in [0.05, 0.1) is 5.02 Å². The summed E-state index contributed by atoms with van der Waals surface area (Å²) in [5, 5.41) is 0.486. The van der Waals surface area contributed by atoms with E-state index in [0.29, 0.717) is 23.4 Å². The highest BCUT2D eigenvalue weighted by Crippen LogP contribution is 2.29. The Labute approximate surface area is 112 Å². The molecule has 0 aromatic heterocycles. The van der Waals surface area contributed by atoms with Crippen LogP contribution in [0.25, 0.3) is 0 Å². The number of nitrogens with zero attached hydrogens (tertiary/aromatic N) is 1. The fourth-order valence-corrected chi connectivity index (χ4v) is 2.03. The van der Waals surface area contributed by atoms with Crippen LogP contribution in [0.1, 0.15) is 18.4 Å². The van der Waals surface area contributed by atoms with Crippen molar-refractivity contribution in [2.75, 3.05) is 13.7 Å². The first kappa shape index (κ1) is 13.2. The minimum atomic E-state index is -0.0274. The fourth-order valence-electron chi connectivity index (χ4n) is 1.78. The number of carbonyl (C=O) groups excluding carboxylic acids is 1. The normalized spacial score (nSPS) is 14.4. The zero-order chi connectivity index (χ0) is 13.1. The van der Waals surface area contributed by atoms with E-state index in [1.54, 1.807) is 18.0 Å². The summed E-state index contributed by atoms with van der Waals surface area (Å²) in [4.78, 5) is 13.6. The van der Waals surface area contributed by atoms with Crippen molar-refractivity contribution in [3.63, 3.8) is 0 Å². The summed E-state index contributed by atoms with van der Waals surface area (Å²) in [6.07, 6.45) is 2.17. The summed E-state index contributed by atoms with van der Waals surface area (Å²) in [5.41, 5.74) is 6.42. The van der Waals surface area contributed by atoms with Crippen LogP contribution in [0.4, 0.5) is 0 Å². The van der Waals surface area contributed by atoms with Gasteiger partial charge in [-0.2, -0.15) is 0 Å². The average molecular weight is 269 g/mol. The lowest BCUT2D eigenvalue weighted by Crippen LogP contribution is -2.33. The first-order valence-corrected chi connectivity index (χ1v) is 6.37. The molecule has 5 heteroatoms. The summed E-state index contributed by atoms with van der Waals surface area (Å²) < 4.78 is 5.52. The van der Waals surface area contributed by atoms with Gasteiger partial charge >= 0.3 is 0 Å². The van der Waals surface area contributed by atoms with Gasteiger partial charge in [0, 0.05) is 25.2 Å². The molecule has 18 heavy (non-hydrogen) atoms. The van der Waals surface area contributed by atoms with Crippen LogP contribution in [0.2, 0.25) is 5.02 Å². The molecule has 1 aliphatic rings. The third-order valence-corrected chi connectivity index (χ3v) is 3.39. The number of benzene rings is 1. The van der Waals surface area contributed by atoms with E-state index in [1.807, 2.05) is 12.1 Å². The second kappa shape index (κ2) is 5.59. The van der Waals surface area contributed by atoms with Crippen molar-refractivity contribution in [1.82, 2.24) is 4.90 Å². The Balaban J connectivity index is 1.99. The maximum Gasteiger partial charge on any atom is 0.260 e. The highest BCUT2D eigenvalue weighted by atomic mass is 35.5. The Hall–Kier alpha value is -1.26. The molecule has 0 spiro atoms. The molecule has 0 aliphatic heterocycles. The number of amides is 1. The van der Waals surface area contributed by atoms with E-state index in [4.69, 9.17) is 22.1 Å². The maximum absolute atomic E-state index is 11.8. The third-order valence-electron chi connectivity index (χ3n) is 3.10. The molecule has 0 radical (unpaired) electrons. The smallest absolute Gasteiger partial charge is 0.260 e. The van der Waals surface area contributed by atoms with E-state index >= 15 is 0 Å². The van der Waals surface area contributed by atoms with Crippen molar-refractivity contribution in [2.45, 2.75) is 25.4 Å². The lowest BCUT2D eigenvalue weighted by Gasteiger charge is -2.17. The van der Waals surface area contributed by atoms with Crippen LogP contribution in [-0.4, -0.2) is 30.5 Å². The standard InChI is InChI=1S/C13H17ClN2O2/c1-16(10-5-6-10)12(17)8-18-13-9(7-15)3-2-4-11(13)14/h2-4,10H,5-8,15H2,1H3. The molecule has 1 saturated carbocycles. The van der Waals surface area contributed by atoms with Gasteiger partial charge in [-0.15, -0.1) is 0 Å². The molecule has 0 atom stereocenters. The second-order valence-electron chi connectivity index (χ2n) is 4.46. The van der Waals surface area contributed by atoms with E-state index in [1.165, 1.54) is 0 Å². The molecule has 0 unspecified atom stereocenters. The predicted molar refractivity (Wildman–Crippen MR) is 70.6 cm³/mol. The molecule has 1 amide bonds. The second-order valence-corrected chi connectivity index (χ2v) is 4.86. The molecule has 1 aromatic carbocycles. The van der Waals surface area contributed by atoms with Crippen LogP contribution in [0, 0.1) is 0 Å². The number of halogens is 1. The molecule has 1 fully saturated rings. The van der Waals surface area contributed by atoms with Crippen molar-refractivity contribution in [3.8, 4) is 5.75 Å². The number of rotatable bonds is 5. The molecule has 0 heterocycles. The van der Waals surface area contributed by atoms with Crippen LogP contribution in [-0.2, 0) is 11.3 Å². The van der Waals surface area contributed by atoms with E-state index in [2.05, 4.69) is 0 Å². The summed E-state index contributed by atoms with van der Waals surface area (Å²) in [6.45, 7) is 0.340. The van der Waals surface area contributed by atoms with Gasteiger partial charge in [-0.25, -0.2) is 0 Å². The van der Waals surface area contributed by atoms with Crippen molar-refractivity contribution >= 4 is 17.5 Å². The Kier molecular flexibility index (Phi) is 4.09. The number of nitrogens with two attached hydrogens (primary N) is 1. The van der Waals surface area contributed by atoms with E-state index in [9.17, 15) is 4.79 Å². The molecule has 0 bridgehead atoms. The van der Waals surface area contributed by atoms with Crippen molar-refractivity contribution in [3.05, 3.63) is 28.8 Å². The molecule has 98 valence electrons. The van der Waals surface area contributed by atoms with Crippen LogP contribution < -0.4 is 10.5 Å². The van der Waals surface area contributed by atoms with Crippen LogP contribution in [0.3, 0.4) is 0 Å². The van der Waals surface area contributed by atoms with Gasteiger partial charge in [0.25, 0.3) is 5.91 Å². The molecule has 2 rings (SSSR count). The van der Waals surface area contributed by atoms with Gasteiger partial charge in [-0.05, 0) is 18.9 Å². The number of carbonyl (C=O) groups is 1. The van der Waals surface area contributed by atoms with Gasteiger partial charge in [0.15, 0.2) is 6.61 Å². The lowest BCUT2D eigenvalue weighted by molar-refractivity contribution is -0.132. The monoisotopic (exact) mass is 268 g/mol. The molecule has 1 aromatic rings. The highest BCUT2D eigenvalue weighted by Gasteiger charge is 2.29. The van der Waals surface area contributed by atoms with Crippen molar-refractivity contribution in [2.24, 2.45) is 5.73 Å². The Morgan fingerprint density at radius 2 is 2.28 bits per heavy atom. The summed E-state index contributed by atoms with van der Waals surface area (Å²) in [7, 11) is 1.81. The topological polar surface area (TPSA) is 55.6 Å². The Bertz CT molecular complexity index is 447. The van der Waals surface area contributed by atoms with Gasteiger partial charge in [0.1, 0.15) is 5.75 Å². The minimum Gasteiger partial charge on any atom is -0.482 e. The zero-order valence-electron chi connectivity index (χ0n) is 10.4. The number of ether oxygens (including phenoxy) is 1. The molecule has 4 nitrogen and oxygen atoms in total. The number of hydrogen-bond donors (Lipinski definition) is 1. The lowest BCUT2D eigenvalue weighted by atomic mass is 10.2. The van der Waals surface area contributed by atoms with Gasteiger partial charge in [-0.1, -0.05) is 23.7 Å². The average Bonchev–Trinajstić information content (AvgIpc) is 3.20. The van der Waals surface area contributed by atoms with E-state index < -0.39 is 0 Å². The Morgan fingerprint density at radius 3 is 2.89 bits per heavy atom. The zero-order valence-corrected chi connectivity index (χ0v) is 11.1. The number of para-hydroxylation sites is 1. The van der Waals surface area contributed by atoms with Gasteiger partial charge in [0.2, 0.25) is 0 Å². The molecular weight excluding hydrogens is 252 g/mol. The van der Waals surface area contributed by atoms with Crippen molar-refractivity contribution < 1.29 is 9.53 Å². The SMILES string of the molecule is CN(C(=O)COc1c(Cl)cccc1CN)C1CC1. The predicted octanol–water partition coefficient (Wildman–Crippen LogP) is 1.80.